The molecule has 0 spiro atoms. The molecule has 0 aliphatic rings. The predicted octanol–water partition coefficient (Wildman–Crippen LogP) is 4.91. The average Bonchev–Trinajstić information content (AvgIpc) is 3.32. The van der Waals surface area contributed by atoms with Crippen molar-refractivity contribution in [1.29, 1.82) is 0 Å². The molecule has 0 saturated carbocycles. The summed E-state index contributed by atoms with van der Waals surface area (Å²) in [6, 6.07) is 13.6. The van der Waals surface area contributed by atoms with Crippen LogP contribution in [0.5, 0.6) is 0 Å². The van der Waals surface area contributed by atoms with E-state index in [1.54, 1.807) is 4.57 Å². The lowest BCUT2D eigenvalue weighted by Crippen LogP contribution is -2.19. The van der Waals surface area contributed by atoms with Gasteiger partial charge in [-0.2, -0.15) is 13.2 Å². The number of carbonyl (C=O) groups is 1. The molecule has 6 nitrogen and oxygen atoms in total. The highest BCUT2D eigenvalue weighted by molar-refractivity contribution is 5.93. The number of amides is 1. The van der Waals surface area contributed by atoms with E-state index in [4.69, 9.17) is 4.42 Å². The van der Waals surface area contributed by atoms with Crippen LogP contribution in [0.4, 0.5) is 18.9 Å². The summed E-state index contributed by atoms with van der Waals surface area (Å²) in [5.74, 6) is 0.383. The number of hydrogen-bond acceptors (Lipinski definition) is 4. The summed E-state index contributed by atoms with van der Waals surface area (Å²) in [6.45, 7) is 1.82. The molecule has 2 heterocycles. The van der Waals surface area contributed by atoms with Gasteiger partial charge in [0.1, 0.15) is 12.2 Å². The van der Waals surface area contributed by atoms with Gasteiger partial charge in [0.15, 0.2) is 0 Å². The van der Waals surface area contributed by atoms with E-state index in [1.165, 1.54) is 12.1 Å². The maximum absolute atomic E-state index is 12.7. The third-order valence-corrected chi connectivity index (χ3v) is 4.60. The van der Waals surface area contributed by atoms with Crippen molar-refractivity contribution in [2.45, 2.75) is 26.1 Å². The lowest BCUT2D eigenvalue weighted by atomic mass is 10.2. The van der Waals surface area contributed by atoms with Crippen molar-refractivity contribution in [2.24, 2.45) is 0 Å². The predicted molar refractivity (Wildman–Crippen MR) is 105 cm³/mol. The summed E-state index contributed by atoms with van der Waals surface area (Å²) in [5.41, 5.74) is 0.886. The molecule has 0 atom stereocenters. The number of para-hydroxylation sites is 1. The Morgan fingerprint density at radius 2 is 1.83 bits per heavy atom. The topological polar surface area (TPSA) is 73.0 Å². The Morgan fingerprint density at radius 1 is 1.10 bits per heavy atom. The van der Waals surface area contributed by atoms with Crippen molar-refractivity contribution in [2.75, 3.05) is 5.32 Å². The number of nitrogens with one attached hydrogen (secondary N) is 1. The molecular weight excluding hydrogens is 397 g/mol. The van der Waals surface area contributed by atoms with E-state index in [-0.39, 0.29) is 12.2 Å². The second-order valence-corrected chi connectivity index (χ2v) is 6.65. The fourth-order valence-corrected chi connectivity index (χ4v) is 3.14. The SMILES string of the molecule is CCc1nnc(-c2cc3ccccc3n2CC(=O)Nc2ccc(C(F)(F)F)cc2)o1. The molecule has 0 aliphatic heterocycles. The number of hydrogen-bond donors (Lipinski definition) is 1. The number of anilines is 1. The highest BCUT2D eigenvalue weighted by Gasteiger charge is 2.30. The monoisotopic (exact) mass is 414 g/mol. The first kappa shape index (κ1) is 19.7. The van der Waals surface area contributed by atoms with Crippen molar-refractivity contribution in [3.8, 4) is 11.6 Å². The molecule has 0 bridgehead atoms. The minimum atomic E-state index is -4.43. The van der Waals surface area contributed by atoms with Crippen LogP contribution >= 0.6 is 0 Å². The molecule has 0 saturated heterocycles. The Morgan fingerprint density at radius 3 is 2.50 bits per heavy atom. The van der Waals surface area contributed by atoms with Crippen molar-refractivity contribution < 1.29 is 22.4 Å². The van der Waals surface area contributed by atoms with Gasteiger partial charge in [-0.3, -0.25) is 4.79 Å². The van der Waals surface area contributed by atoms with E-state index < -0.39 is 17.6 Å². The van der Waals surface area contributed by atoms with Gasteiger partial charge >= 0.3 is 6.18 Å². The molecule has 9 heteroatoms. The Balaban J connectivity index is 1.61. The Hall–Kier alpha value is -3.62. The summed E-state index contributed by atoms with van der Waals surface area (Å²) >= 11 is 0. The standard InChI is InChI=1S/C21H17F3N4O2/c1-2-19-26-27-20(30-19)17-11-13-5-3-4-6-16(13)28(17)12-18(29)25-15-9-7-14(8-10-15)21(22,23)24/h3-11H,2,12H2,1H3,(H,25,29). The normalized spacial score (nSPS) is 11.7. The van der Waals surface area contributed by atoms with E-state index in [1.807, 2.05) is 37.3 Å². The largest absolute Gasteiger partial charge is 0.419 e. The van der Waals surface area contributed by atoms with Crippen LogP contribution in [0.2, 0.25) is 0 Å². The number of fused-ring (bicyclic) bond motifs is 1. The van der Waals surface area contributed by atoms with Gasteiger partial charge in [-0.15, -0.1) is 10.2 Å². The van der Waals surface area contributed by atoms with Gasteiger partial charge in [0.25, 0.3) is 5.89 Å². The van der Waals surface area contributed by atoms with E-state index in [0.29, 0.717) is 23.9 Å². The summed E-state index contributed by atoms with van der Waals surface area (Å²) < 4.78 is 45.5. The molecule has 0 radical (unpaired) electrons. The molecule has 1 N–H and O–H groups in total. The third-order valence-electron chi connectivity index (χ3n) is 4.60. The van der Waals surface area contributed by atoms with Crippen LogP contribution in [-0.4, -0.2) is 20.7 Å². The van der Waals surface area contributed by atoms with Crippen LogP contribution < -0.4 is 5.32 Å². The summed E-state index contributed by atoms with van der Waals surface area (Å²) in [4.78, 5) is 12.6. The fraction of sp³-hybridized carbons (Fsp3) is 0.190. The Bertz CT molecular complexity index is 1190. The number of halogens is 3. The van der Waals surface area contributed by atoms with Gasteiger partial charge in [-0.25, -0.2) is 0 Å². The maximum Gasteiger partial charge on any atom is 0.416 e. The number of aryl methyl sites for hydroxylation is 1. The number of alkyl halides is 3. The zero-order valence-corrected chi connectivity index (χ0v) is 15.9. The minimum Gasteiger partial charge on any atom is -0.419 e. The molecule has 0 unspecified atom stereocenters. The van der Waals surface area contributed by atoms with Gasteiger partial charge in [0.05, 0.1) is 5.56 Å². The number of rotatable bonds is 5. The first-order valence-corrected chi connectivity index (χ1v) is 9.23. The van der Waals surface area contributed by atoms with Gasteiger partial charge in [0.2, 0.25) is 11.8 Å². The maximum atomic E-state index is 12.7. The highest BCUT2D eigenvalue weighted by Crippen LogP contribution is 2.30. The molecule has 1 amide bonds. The fourth-order valence-electron chi connectivity index (χ4n) is 3.14. The zero-order valence-electron chi connectivity index (χ0n) is 15.9. The van der Waals surface area contributed by atoms with E-state index in [2.05, 4.69) is 15.5 Å². The minimum absolute atomic E-state index is 0.0757. The number of nitrogens with zero attached hydrogens (tertiary/aromatic N) is 3. The average molecular weight is 414 g/mol. The summed E-state index contributed by atoms with van der Waals surface area (Å²) in [6.07, 6.45) is -3.84. The number of carbonyl (C=O) groups excluding carboxylic acids is 1. The van der Waals surface area contributed by atoms with E-state index in [9.17, 15) is 18.0 Å². The van der Waals surface area contributed by atoms with Crippen molar-refractivity contribution in [1.82, 2.24) is 14.8 Å². The van der Waals surface area contributed by atoms with Gasteiger partial charge in [-0.05, 0) is 36.4 Å². The van der Waals surface area contributed by atoms with Gasteiger partial charge < -0.3 is 14.3 Å². The van der Waals surface area contributed by atoms with Crippen LogP contribution in [-0.2, 0) is 23.9 Å². The van der Waals surface area contributed by atoms with Gasteiger partial charge in [0, 0.05) is 23.0 Å². The Kier molecular flexibility index (Phi) is 5.03. The second-order valence-electron chi connectivity index (χ2n) is 6.65. The first-order valence-electron chi connectivity index (χ1n) is 9.23. The number of aromatic nitrogens is 3. The summed E-state index contributed by atoms with van der Waals surface area (Å²) in [5, 5.41) is 11.6. The lowest BCUT2D eigenvalue weighted by Gasteiger charge is -2.11. The van der Waals surface area contributed by atoms with Crippen molar-refractivity contribution in [3.63, 3.8) is 0 Å². The van der Waals surface area contributed by atoms with Gasteiger partial charge in [-0.1, -0.05) is 25.1 Å². The molecule has 2 aromatic heterocycles. The molecule has 4 rings (SSSR count). The second kappa shape index (κ2) is 7.66. The smallest absolute Gasteiger partial charge is 0.416 e. The molecule has 2 aromatic carbocycles. The zero-order chi connectivity index (χ0) is 21.3. The van der Waals surface area contributed by atoms with Crippen LogP contribution in [0.25, 0.3) is 22.5 Å². The lowest BCUT2D eigenvalue weighted by molar-refractivity contribution is -0.137. The molecule has 30 heavy (non-hydrogen) atoms. The molecule has 0 aliphatic carbocycles. The van der Waals surface area contributed by atoms with E-state index >= 15 is 0 Å². The summed E-state index contributed by atoms with van der Waals surface area (Å²) in [7, 11) is 0. The van der Waals surface area contributed by atoms with E-state index in [0.717, 1.165) is 23.0 Å². The quantitative estimate of drug-likeness (QED) is 0.504. The highest BCUT2D eigenvalue weighted by atomic mass is 19.4. The molecule has 0 fully saturated rings. The van der Waals surface area contributed by atoms with Crippen molar-refractivity contribution in [3.05, 3.63) is 66.1 Å². The third kappa shape index (κ3) is 3.91. The van der Waals surface area contributed by atoms with Crippen LogP contribution in [0.3, 0.4) is 0 Å². The number of benzene rings is 2. The first-order chi connectivity index (χ1) is 14.3. The van der Waals surface area contributed by atoms with Crippen LogP contribution in [0, 0.1) is 0 Å². The van der Waals surface area contributed by atoms with Crippen molar-refractivity contribution >= 4 is 22.5 Å². The van der Waals surface area contributed by atoms with Crippen LogP contribution in [0.1, 0.15) is 18.4 Å². The molecular formula is C21H17F3N4O2. The Labute approximate surface area is 169 Å². The molecule has 4 aromatic rings. The van der Waals surface area contributed by atoms with Crippen LogP contribution in [0.15, 0.2) is 59.0 Å². The molecule has 154 valence electrons.